The standard InChI is InChI=1S/C20H19N5O3/c1-3-27-20-6-8-21-17-5-4-15(10-16(17)20)28-13-18-19(26)7-9-25(23-18)14-11-22-24(2)12-14/h4-12H,3,13H2,1-2H3. The third-order valence-corrected chi connectivity index (χ3v) is 4.18. The molecular weight excluding hydrogens is 358 g/mol. The molecule has 0 amide bonds. The maximum Gasteiger partial charge on any atom is 0.206 e. The predicted octanol–water partition coefficient (Wildman–Crippen LogP) is 2.49. The highest BCUT2D eigenvalue weighted by Crippen LogP contribution is 2.28. The van der Waals surface area contributed by atoms with Gasteiger partial charge in [-0.2, -0.15) is 10.2 Å². The fraction of sp³-hybridized carbons (Fsp3) is 0.200. The number of fused-ring (bicyclic) bond motifs is 1. The largest absolute Gasteiger partial charge is 0.493 e. The van der Waals surface area contributed by atoms with Crippen LogP contribution in [0.1, 0.15) is 12.6 Å². The normalized spacial score (nSPS) is 10.9. The molecule has 0 atom stereocenters. The van der Waals surface area contributed by atoms with E-state index in [9.17, 15) is 4.79 Å². The van der Waals surface area contributed by atoms with Gasteiger partial charge in [0.05, 0.1) is 24.5 Å². The van der Waals surface area contributed by atoms with Crippen LogP contribution in [0.3, 0.4) is 0 Å². The van der Waals surface area contributed by atoms with Gasteiger partial charge in [0, 0.05) is 30.9 Å². The molecule has 0 bridgehead atoms. The second kappa shape index (κ2) is 7.51. The van der Waals surface area contributed by atoms with Crippen LogP contribution in [0.25, 0.3) is 16.6 Å². The van der Waals surface area contributed by atoms with E-state index in [-0.39, 0.29) is 12.0 Å². The minimum Gasteiger partial charge on any atom is -0.493 e. The van der Waals surface area contributed by atoms with Gasteiger partial charge in [-0.1, -0.05) is 0 Å². The van der Waals surface area contributed by atoms with E-state index < -0.39 is 0 Å². The van der Waals surface area contributed by atoms with Crippen molar-refractivity contribution >= 4 is 10.9 Å². The highest BCUT2D eigenvalue weighted by Gasteiger charge is 2.09. The van der Waals surface area contributed by atoms with E-state index in [0.29, 0.717) is 18.1 Å². The van der Waals surface area contributed by atoms with Gasteiger partial charge in [0.15, 0.2) is 0 Å². The van der Waals surface area contributed by atoms with Gasteiger partial charge in [0.2, 0.25) is 5.43 Å². The van der Waals surface area contributed by atoms with Crippen LogP contribution in [-0.2, 0) is 13.7 Å². The molecule has 0 aliphatic carbocycles. The summed E-state index contributed by atoms with van der Waals surface area (Å²) in [6, 6.07) is 8.82. The Morgan fingerprint density at radius 2 is 2.04 bits per heavy atom. The molecule has 0 aliphatic rings. The lowest BCUT2D eigenvalue weighted by Gasteiger charge is -2.10. The van der Waals surface area contributed by atoms with Crippen molar-refractivity contribution in [1.82, 2.24) is 24.5 Å². The molecular formula is C20H19N5O3. The summed E-state index contributed by atoms with van der Waals surface area (Å²) in [5.74, 6) is 1.36. The Balaban J connectivity index is 1.59. The molecule has 0 fully saturated rings. The zero-order chi connectivity index (χ0) is 19.5. The molecule has 0 unspecified atom stereocenters. The minimum atomic E-state index is -0.183. The number of hydrogen-bond donors (Lipinski definition) is 0. The number of aromatic nitrogens is 5. The Morgan fingerprint density at radius 3 is 2.82 bits per heavy atom. The lowest BCUT2D eigenvalue weighted by Crippen LogP contribution is -2.17. The van der Waals surface area contributed by atoms with Crippen LogP contribution in [0.5, 0.6) is 11.5 Å². The first-order chi connectivity index (χ1) is 13.6. The van der Waals surface area contributed by atoms with E-state index in [2.05, 4.69) is 15.2 Å². The molecule has 4 aromatic rings. The number of hydrogen-bond acceptors (Lipinski definition) is 6. The summed E-state index contributed by atoms with van der Waals surface area (Å²) < 4.78 is 14.8. The van der Waals surface area contributed by atoms with Gasteiger partial charge in [-0.25, -0.2) is 4.68 Å². The molecule has 0 saturated heterocycles. The average Bonchev–Trinajstić information content (AvgIpc) is 3.14. The maximum absolute atomic E-state index is 12.2. The molecule has 0 saturated carbocycles. The van der Waals surface area contributed by atoms with E-state index in [4.69, 9.17) is 9.47 Å². The Kier molecular flexibility index (Phi) is 4.76. The van der Waals surface area contributed by atoms with Crippen molar-refractivity contribution in [3.63, 3.8) is 0 Å². The monoisotopic (exact) mass is 377 g/mol. The highest BCUT2D eigenvalue weighted by atomic mass is 16.5. The number of nitrogens with zero attached hydrogens (tertiary/aromatic N) is 5. The summed E-state index contributed by atoms with van der Waals surface area (Å²) in [7, 11) is 1.82. The summed E-state index contributed by atoms with van der Waals surface area (Å²) in [4.78, 5) is 16.5. The Morgan fingerprint density at radius 1 is 1.14 bits per heavy atom. The van der Waals surface area contributed by atoms with Crippen LogP contribution in [0.15, 0.2) is 59.9 Å². The molecule has 1 aromatic carbocycles. The molecule has 0 radical (unpaired) electrons. The van der Waals surface area contributed by atoms with Crippen LogP contribution in [0.4, 0.5) is 0 Å². The van der Waals surface area contributed by atoms with Gasteiger partial charge in [-0.3, -0.25) is 14.5 Å². The molecule has 0 N–H and O–H groups in total. The van der Waals surface area contributed by atoms with E-state index in [1.165, 1.54) is 6.07 Å². The summed E-state index contributed by atoms with van der Waals surface area (Å²) in [6.07, 6.45) is 6.81. The summed E-state index contributed by atoms with van der Waals surface area (Å²) >= 11 is 0. The fourth-order valence-electron chi connectivity index (χ4n) is 2.84. The summed E-state index contributed by atoms with van der Waals surface area (Å²) in [6.45, 7) is 2.54. The lowest BCUT2D eigenvalue weighted by atomic mass is 10.2. The zero-order valence-electron chi connectivity index (χ0n) is 15.6. The Hall–Kier alpha value is -3.68. The maximum atomic E-state index is 12.2. The summed E-state index contributed by atoms with van der Waals surface area (Å²) in [5, 5.41) is 9.35. The molecule has 8 nitrogen and oxygen atoms in total. The van der Waals surface area contributed by atoms with Gasteiger partial charge in [0.1, 0.15) is 29.5 Å². The molecule has 3 heterocycles. The SMILES string of the molecule is CCOc1ccnc2ccc(OCc3nn(-c4cnn(C)c4)ccc3=O)cc12. The third-order valence-electron chi connectivity index (χ3n) is 4.18. The van der Waals surface area contributed by atoms with Gasteiger partial charge in [0.25, 0.3) is 0 Å². The molecule has 142 valence electrons. The summed E-state index contributed by atoms with van der Waals surface area (Å²) in [5.41, 5.74) is 1.71. The van der Waals surface area contributed by atoms with Crippen molar-refractivity contribution in [3.8, 4) is 17.2 Å². The number of ether oxygens (including phenoxy) is 2. The van der Waals surface area contributed by atoms with Crippen molar-refractivity contribution in [2.24, 2.45) is 7.05 Å². The quantitative estimate of drug-likeness (QED) is 0.513. The zero-order valence-corrected chi connectivity index (χ0v) is 15.6. The van der Waals surface area contributed by atoms with Crippen molar-refractivity contribution < 1.29 is 9.47 Å². The van der Waals surface area contributed by atoms with Crippen molar-refractivity contribution in [2.45, 2.75) is 13.5 Å². The van der Waals surface area contributed by atoms with E-state index in [1.54, 1.807) is 28.0 Å². The smallest absolute Gasteiger partial charge is 0.206 e. The molecule has 28 heavy (non-hydrogen) atoms. The van der Waals surface area contributed by atoms with Crippen LogP contribution in [0, 0.1) is 0 Å². The third kappa shape index (κ3) is 3.57. The molecule has 3 aromatic heterocycles. The van der Waals surface area contributed by atoms with Crippen molar-refractivity contribution in [3.05, 3.63) is 71.0 Å². The van der Waals surface area contributed by atoms with Crippen LogP contribution in [0.2, 0.25) is 0 Å². The Labute approximate surface area is 161 Å². The number of pyridine rings is 1. The molecule has 8 heteroatoms. The number of benzene rings is 1. The van der Waals surface area contributed by atoms with Crippen LogP contribution >= 0.6 is 0 Å². The van der Waals surface area contributed by atoms with E-state index >= 15 is 0 Å². The first kappa shape index (κ1) is 17.7. The van der Waals surface area contributed by atoms with E-state index in [0.717, 1.165) is 22.3 Å². The van der Waals surface area contributed by atoms with Crippen LogP contribution in [-0.4, -0.2) is 31.2 Å². The van der Waals surface area contributed by atoms with Gasteiger partial charge >= 0.3 is 0 Å². The van der Waals surface area contributed by atoms with E-state index in [1.807, 2.05) is 44.4 Å². The second-order valence-electron chi connectivity index (χ2n) is 6.15. The Bertz CT molecular complexity index is 1180. The topological polar surface area (TPSA) is 84.1 Å². The van der Waals surface area contributed by atoms with Gasteiger partial charge in [-0.15, -0.1) is 0 Å². The molecule has 0 aliphatic heterocycles. The first-order valence-corrected chi connectivity index (χ1v) is 8.86. The number of aryl methyl sites for hydroxylation is 1. The molecule has 4 rings (SSSR count). The predicted molar refractivity (Wildman–Crippen MR) is 104 cm³/mol. The first-order valence-electron chi connectivity index (χ1n) is 8.86. The average molecular weight is 377 g/mol. The van der Waals surface area contributed by atoms with Gasteiger partial charge < -0.3 is 9.47 Å². The van der Waals surface area contributed by atoms with Crippen molar-refractivity contribution in [1.29, 1.82) is 0 Å². The second-order valence-corrected chi connectivity index (χ2v) is 6.15. The highest BCUT2D eigenvalue weighted by molar-refractivity contribution is 5.86. The molecule has 0 spiro atoms. The van der Waals surface area contributed by atoms with Gasteiger partial charge in [-0.05, 0) is 31.2 Å². The fourth-order valence-corrected chi connectivity index (χ4v) is 2.84. The van der Waals surface area contributed by atoms with Crippen molar-refractivity contribution in [2.75, 3.05) is 6.61 Å². The minimum absolute atomic E-state index is 0.0513. The lowest BCUT2D eigenvalue weighted by molar-refractivity contribution is 0.297. The number of rotatable bonds is 6. The van der Waals surface area contributed by atoms with Crippen LogP contribution < -0.4 is 14.9 Å².